The summed E-state index contributed by atoms with van der Waals surface area (Å²) in [4.78, 5) is 2.67. The topological polar surface area (TPSA) is 15.3 Å². The summed E-state index contributed by atoms with van der Waals surface area (Å²) in [5.74, 6) is 0.922. The number of rotatable bonds is 6. The van der Waals surface area contributed by atoms with Crippen molar-refractivity contribution in [1.82, 2.24) is 10.2 Å². The smallest absolute Gasteiger partial charge is 0.0193 e. The Morgan fingerprint density at radius 2 is 2.20 bits per heavy atom. The molecule has 90 valence electrons. The molecule has 0 spiro atoms. The van der Waals surface area contributed by atoms with E-state index in [0.29, 0.717) is 0 Å². The van der Waals surface area contributed by atoms with Crippen molar-refractivity contribution >= 4 is 0 Å². The molecule has 0 amide bonds. The first-order chi connectivity index (χ1) is 7.27. The van der Waals surface area contributed by atoms with Gasteiger partial charge in [0.15, 0.2) is 0 Å². The molecule has 1 N–H and O–H groups in total. The van der Waals surface area contributed by atoms with Gasteiger partial charge in [-0.05, 0) is 19.3 Å². The first kappa shape index (κ1) is 13.0. The summed E-state index contributed by atoms with van der Waals surface area (Å²) in [6.07, 6.45) is 5.51. The summed E-state index contributed by atoms with van der Waals surface area (Å²) in [6, 6.07) is 0.731. The van der Waals surface area contributed by atoms with E-state index in [1.54, 1.807) is 0 Å². The second kappa shape index (κ2) is 7.24. The molecule has 0 aliphatic carbocycles. The van der Waals surface area contributed by atoms with E-state index >= 15 is 0 Å². The van der Waals surface area contributed by atoms with Gasteiger partial charge in [0, 0.05) is 32.2 Å². The zero-order valence-electron chi connectivity index (χ0n) is 10.8. The van der Waals surface area contributed by atoms with E-state index in [1.807, 2.05) is 0 Å². The van der Waals surface area contributed by atoms with Crippen LogP contribution in [0.5, 0.6) is 0 Å². The lowest BCUT2D eigenvalue weighted by Gasteiger charge is -2.36. The molecule has 0 aromatic rings. The van der Waals surface area contributed by atoms with Gasteiger partial charge in [-0.25, -0.2) is 0 Å². The molecule has 1 saturated heterocycles. The van der Waals surface area contributed by atoms with Crippen LogP contribution < -0.4 is 5.32 Å². The molecule has 1 rings (SSSR count). The van der Waals surface area contributed by atoms with Crippen LogP contribution in [0.4, 0.5) is 0 Å². The van der Waals surface area contributed by atoms with Gasteiger partial charge < -0.3 is 5.32 Å². The van der Waals surface area contributed by atoms with Gasteiger partial charge in [-0.1, -0.05) is 33.1 Å². The summed E-state index contributed by atoms with van der Waals surface area (Å²) in [5, 5.41) is 3.46. The number of piperazine rings is 1. The summed E-state index contributed by atoms with van der Waals surface area (Å²) >= 11 is 0. The predicted octanol–water partition coefficient (Wildman–Crippen LogP) is 2.50. The van der Waals surface area contributed by atoms with E-state index in [4.69, 9.17) is 0 Å². The summed E-state index contributed by atoms with van der Waals surface area (Å²) in [6.45, 7) is 11.9. The van der Waals surface area contributed by atoms with Crippen molar-refractivity contribution in [2.24, 2.45) is 5.92 Å². The van der Waals surface area contributed by atoms with Gasteiger partial charge >= 0.3 is 0 Å². The van der Waals surface area contributed by atoms with Gasteiger partial charge in [0.2, 0.25) is 0 Å². The third kappa shape index (κ3) is 4.52. The number of unbranched alkanes of at least 4 members (excludes halogenated alkanes) is 1. The number of hydrogen-bond acceptors (Lipinski definition) is 2. The molecule has 0 radical (unpaired) electrons. The summed E-state index contributed by atoms with van der Waals surface area (Å²) in [5.41, 5.74) is 0. The fourth-order valence-electron chi connectivity index (χ4n) is 2.40. The molecule has 1 aliphatic rings. The van der Waals surface area contributed by atoms with Gasteiger partial charge in [-0.15, -0.1) is 0 Å². The number of nitrogens with one attached hydrogen (secondary N) is 1. The van der Waals surface area contributed by atoms with Gasteiger partial charge in [0.25, 0.3) is 0 Å². The molecule has 2 atom stereocenters. The van der Waals surface area contributed by atoms with Gasteiger partial charge in [0.1, 0.15) is 0 Å². The van der Waals surface area contributed by atoms with Gasteiger partial charge in [0.05, 0.1) is 0 Å². The zero-order chi connectivity index (χ0) is 11.1. The lowest BCUT2D eigenvalue weighted by atomic mass is 9.98. The van der Waals surface area contributed by atoms with Gasteiger partial charge in [-0.3, -0.25) is 4.90 Å². The lowest BCUT2D eigenvalue weighted by molar-refractivity contribution is 0.142. The molecule has 1 aliphatic heterocycles. The van der Waals surface area contributed by atoms with Crippen LogP contribution in [0.1, 0.15) is 46.5 Å². The second-order valence-electron chi connectivity index (χ2n) is 4.96. The SMILES string of the molecule is CCCC[C@H](CC)CN1CCNC[C@@H]1C. The highest BCUT2D eigenvalue weighted by Crippen LogP contribution is 2.16. The largest absolute Gasteiger partial charge is 0.314 e. The van der Waals surface area contributed by atoms with Crippen LogP contribution in [0.25, 0.3) is 0 Å². The zero-order valence-corrected chi connectivity index (χ0v) is 10.8. The van der Waals surface area contributed by atoms with E-state index in [-0.39, 0.29) is 0 Å². The maximum atomic E-state index is 3.46. The van der Waals surface area contributed by atoms with Crippen LogP contribution in [0.2, 0.25) is 0 Å². The van der Waals surface area contributed by atoms with Crippen molar-refractivity contribution in [2.75, 3.05) is 26.2 Å². The van der Waals surface area contributed by atoms with E-state index in [9.17, 15) is 0 Å². The maximum Gasteiger partial charge on any atom is 0.0193 e. The molecule has 0 saturated carbocycles. The third-order valence-corrected chi connectivity index (χ3v) is 3.67. The van der Waals surface area contributed by atoms with Crippen LogP contribution in [-0.2, 0) is 0 Å². The minimum absolute atomic E-state index is 0.731. The summed E-state index contributed by atoms with van der Waals surface area (Å²) < 4.78 is 0. The third-order valence-electron chi connectivity index (χ3n) is 3.67. The van der Waals surface area contributed by atoms with Crippen LogP contribution in [0, 0.1) is 5.92 Å². The average molecular weight is 212 g/mol. The second-order valence-corrected chi connectivity index (χ2v) is 4.96. The van der Waals surface area contributed by atoms with Crippen molar-refractivity contribution in [2.45, 2.75) is 52.5 Å². The van der Waals surface area contributed by atoms with E-state index < -0.39 is 0 Å². The highest BCUT2D eigenvalue weighted by atomic mass is 15.2. The fraction of sp³-hybridized carbons (Fsp3) is 1.00. The van der Waals surface area contributed by atoms with E-state index in [0.717, 1.165) is 12.0 Å². The van der Waals surface area contributed by atoms with Crippen molar-refractivity contribution < 1.29 is 0 Å². The normalized spacial score (nSPS) is 25.4. The molecule has 1 fully saturated rings. The van der Waals surface area contributed by atoms with E-state index in [2.05, 4.69) is 31.0 Å². The Hall–Kier alpha value is -0.0800. The molecule has 2 heteroatoms. The quantitative estimate of drug-likeness (QED) is 0.728. The molecule has 0 bridgehead atoms. The van der Waals surface area contributed by atoms with Crippen molar-refractivity contribution in [3.05, 3.63) is 0 Å². The van der Waals surface area contributed by atoms with Crippen LogP contribution in [0.3, 0.4) is 0 Å². The Kier molecular flexibility index (Phi) is 6.26. The summed E-state index contributed by atoms with van der Waals surface area (Å²) in [7, 11) is 0. The number of nitrogens with zero attached hydrogens (tertiary/aromatic N) is 1. The minimum Gasteiger partial charge on any atom is -0.314 e. The molecular formula is C13H28N2. The van der Waals surface area contributed by atoms with E-state index in [1.165, 1.54) is 51.9 Å². The average Bonchev–Trinajstić information content (AvgIpc) is 2.26. The predicted molar refractivity (Wildman–Crippen MR) is 67.2 cm³/mol. The van der Waals surface area contributed by atoms with Crippen molar-refractivity contribution in [1.29, 1.82) is 0 Å². The Morgan fingerprint density at radius 3 is 2.80 bits per heavy atom. The highest BCUT2D eigenvalue weighted by molar-refractivity contribution is 4.77. The van der Waals surface area contributed by atoms with Crippen LogP contribution in [0.15, 0.2) is 0 Å². The first-order valence-electron chi connectivity index (χ1n) is 6.72. The van der Waals surface area contributed by atoms with Crippen LogP contribution >= 0.6 is 0 Å². The molecule has 0 aromatic heterocycles. The molecule has 15 heavy (non-hydrogen) atoms. The standard InChI is InChI=1S/C13H28N2/c1-4-6-7-13(5-2)11-15-9-8-14-10-12(15)3/h12-14H,4-11H2,1-3H3/t12-,13-/m0/s1. The molecule has 1 heterocycles. The Balaban J connectivity index is 2.29. The Bertz CT molecular complexity index is 159. The minimum atomic E-state index is 0.731. The monoisotopic (exact) mass is 212 g/mol. The van der Waals surface area contributed by atoms with Gasteiger partial charge in [-0.2, -0.15) is 0 Å². The van der Waals surface area contributed by atoms with Crippen molar-refractivity contribution in [3.63, 3.8) is 0 Å². The van der Waals surface area contributed by atoms with Crippen molar-refractivity contribution in [3.8, 4) is 0 Å². The molecule has 2 nitrogen and oxygen atoms in total. The fourth-order valence-corrected chi connectivity index (χ4v) is 2.40. The lowest BCUT2D eigenvalue weighted by Crippen LogP contribution is -2.51. The first-order valence-corrected chi connectivity index (χ1v) is 6.72. The molecule has 0 unspecified atom stereocenters. The maximum absolute atomic E-state index is 3.46. The van der Waals surface area contributed by atoms with Crippen LogP contribution in [-0.4, -0.2) is 37.1 Å². The highest BCUT2D eigenvalue weighted by Gasteiger charge is 2.20. The Labute approximate surface area is 95.4 Å². The Morgan fingerprint density at radius 1 is 1.40 bits per heavy atom. The molecule has 0 aromatic carbocycles. The number of hydrogen-bond donors (Lipinski definition) is 1. The molecular weight excluding hydrogens is 184 g/mol.